The van der Waals surface area contributed by atoms with Gasteiger partial charge in [-0.15, -0.1) is 0 Å². The number of fused-ring (bicyclic) bond motifs is 1. The first-order valence-electron chi connectivity index (χ1n) is 7.46. The van der Waals surface area contributed by atoms with E-state index in [9.17, 15) is 4.39 Å². The van der Waals surface area contributed by atoms with Gasteiger partial charge in [0.1, 0.15) is 5.82 Å². The van der Waals surface area contributed by atoms with Gasteiger partial charge < -0.3 is 10.6 Å². The normalized spacial score (nSPS) is 19.2. The third kappa shape index (κ3) is 2.66. The van der Waals surface area contributed by atoms with Gasteiger partial charge >= 0.3 is 0 Å². The number of nitrogens with two attached hydrogens (primary N) is 1. The minimum Gasteiger partial charge on any atom is -0.339 e. The van der Waals surface area contributed by atoms with Crippen LogP contribution in [0.1, 0.15) is 31.0 Å². The molecule has 0 saturated carbocycles. The minimum atomic E-state index is -0.200. The van der Waals surface area contributed by atoms with Gasteiger partial charge in [-0.05, 0) is 48.6 Å². The lowest BCUT2D eigenvalue weighted by Crippen LogP contribution is -2.31. The van der Waals surface area contributed by atoms with E-state index in [1.54, 1.807) is 6.07 Å². The fraction of sp³-hybridized carbons (Fsp3) is 0.333. The van der Waals surface area contributed by atoms with E-state index in [-0.39, 0.29) is 11.9 Å². The van der Waals surface area contributed by atoms with E-state index in [1.165, 1.54) is 5.56 Å². The number of benzene rings is 2. The zero-order chi connectivity index (χ0) is 15.0. The smallest absolute Gasteiger partial charge is 0.147 e. The third-order valence-electron chi connectivity index (χ3n) is 4.13. The summed E-state index contributed by atoms with van der Waals surface area (Å²) >= 11 is 0. The van der Waals surface area contributed by atoms with E-state index in [0.717, 1.165) is 24.2 Å². The van der Waals surface area contributed by atoms with Gasteiger partial charge in [0.05, 0.1) is 5.69 Å². The molecule has 0 spiro atoms. The predicted molar refractivity (Wildman–Crippen MR) is 85.3 cm³/mol. The molecule has 0 aromatic heterocycles. The van der Waals surface area contributed by atoms with E-state index < -0.39 is 0 Å². The van der Waals surface area contributed by atoms with Crippen LogP contribution in [0.3, 0.4) is 0 Å². The number of rotatable bonds is 2. The number of anilines is 2. The fourth-order valence-corrected chi connectivity index (χ4v) is 3.05. The second-order valence-corrected chi connectivity index (χ2v) is 6.05. The molecule has 2 aromatic carbocycles. The predicted octanol–water partition coefficient (Wildman–Crippen LogP) is 4.18. The monoisotopic (exact) mass is 284 g/mol. The van der Waals surface area contributed by atoms with Crippen molar-refractivity contribution in [2.24, 2.45) is 11.7 Å². The molecule has 110 valence electrons. The Labute approximate surface area is 125 Å². The van der Waals surface area contributed by atoms with Gasteiger partial charge in [0, 0.05) is 18.3 Å². The number of nitrogens with zero attached hydrogens (tertiary/aromatic N) is 1. The summed E-state index contributed by atoms with van der Waals surface area (Å²) in [6.45, 7) is 4.91. The topological polar surface area (TPSA) is 29.3 Å². The Morgan fingerprint density at radius 1 is 1.19 bits per heavy atom. The Hall–Kier alpha value is -1.87. The third-order valence-corrected chi connectivity index (χ3v) is 4.13. The van der Waals surface area contributed by atoms with Gasteiger partial charge in [0.25, 0.3) is 0 Å². The molecule has 1 aliphatic heterocycles. The minimum absolute atomic E-state index is 0.152. The second-order valence-electron chi connectivity index (χ2n) is 6.05. The van der Waals surface area contributed by atoms with E-state index in [1.807, 2.05) is 31.2 Å². The Morgan fingerprint density at radius 2 is 1.95 bits per heavy atom. The van der Waals surface area contributed by atoms with Crippen molar-refractivity contribution in [2.75, 3.05) is 11.4 Å². The molecular weight excluding hydrogens is 263 g/mol. The molecule has 1 aliphatic rings. The molecule has 1 heterocycles. The summed E-state index contributed by atoms with van der Waals surface area (Å²) in [6, 6.07) is 13.4. The van der Waals surface area contributed by atoms with Crippen molar-refractivity contribution in [3.05, 3.63) is 59.4 Å². The van der Waals surface area contributed by atoms with Crippen molar-refractivity contribution in [1.29, 1.82) is 0 Å². The molecule has 3 rings (SSSR count). The molecule has 0 bridgehead atoms. The van der Waals surface area contributed by atoms with Gasteiger partial charge in [-0.25, -0.2) is 4.39 Å². The maximum atomic E-state index is 14.5. The first kappa shape index (κ1) is 14.1. The van der Waals surface area contributed by atoms with E-state index in [2.05, 4.69) is 24.0 Å². The Balaban J connectivity index is 2.04. The summed E-state index contributed by atoms with van der Waals surface area (Å²) in [7, 11) is 0. The van der Waals surface area contributed by atoms with Gasteiger partial charge in [0.15, 0.2) is 0 Å². The lowest BCUT2D eigenvalue weighted by atomic mass is 9.93. The van der Waals surface area contributed by atoms with Gasteiger partial charge in [-0.2, -0.15) is 0 Å². The van der Waals surface area contributed by atoms with Gasteiger partial charge in [0.2, 0.25) is 0 Å². The Kier molecular flexibility index (Phi) is 3.68. The average molecular weight is 284 g/mol. The van der Waals surface area contributed by atoms with Crippen LogP contribution >= 0.6 is 0 Å². The molecule has 1 unspecified atom stereocenters. The summed E-state index contributed by atoms with van der Waals surface area (Å²) in [5.74, 6) is 0.307. The summed E-state index contributed by atoms with van der Waals surface area (Å²) in [5, 5.41) is 0. The summed E-state index contributed by atoms with van der Waals surface area (Å²) in [4.78, 5) is 2.09. The van der Waals surface area contributed by atoms with Gasteiger partial charge in [-0.3, -0.25) is 0 Å². The highest BCUT2D eigenvalue weighted by molar-refractivity contribution is 5.68. The number of hydrogen-bond acceptors (Lipinski definition) is 2. The van der Waals surface area contributed by atoms with Crippen molar-refractivity contribution >= 4 is 11.4 Å². The van der Waals surface area contributed by atoms with Gasteiger partial charge in [-0.1, -0.05) is 31.2 Å². The first-order valence-corrected chi connectivity index (χ1v) is 7.46. The van der Waals surface area contributed by atoms with Crippen LogP contribution < -0.4 is 10.6 Å². The molecule has 0 amide bonds. The number of halogens is 1. The highest BCUT2D eigenvalue weighted by Crippen LogP contribution is 2.36. The zero-order valence-corrected chi connectivity index (χ0v) is 12.5. The van der Waals surface area contributed by atoms with E-state index >= 15 is 0 Å². The van der Waals surface area contributed by atoms with Crippen LogP contribution in [-0.2, 0) is 6.42 Å². The molecule has 0 saturated heterocycles. The van der Waals surface area contributed by atoms with Crippen LogP contribution in [0, 0.1) is 11.7 Å². The molecule has 2 atom stereocenters. The molecule has 0 fully saturated rings. The van der Waals surface area contributed by atoms with Crippen molar-refractivity contribution in [2.45, 2.75) is 26.3 Å². The highest BCUT2D eigenvalue weighted by Gasteiger charge is 2.24. The molecule has 3 heteroatoms. The zero-order valence-electron chi connectivity index (χ0n) is 12.5. The fourth-order valence-electron chi connectivity index (χ4n) is 3.05. The average Bonchev–Trinajstić information content (AvgIpc) is 2.46. The lowest BCUT2D eigenvalue weighted by molar-refractivity contribution is 0.551. The highest BCUT2D eigenvalue weighted by atomic mass is 19.1. The van der Waals surface area contributed by atoms with Crippen LogP contribution in [-0.4, -0.2) is 6.54 Å². The molecule has 0 radical (unpaired) electrons. The number of para-hydroxylation sites is 1. The largest absolute Gasteiger partial charge is 0.339 e. The maximum absolute atomic E-state index is 14.5. The van der Waals surface area contributed by atoms with E-state index in [4.69, 9.17) is 5.73 Å². The van der Waals surface area contributed by atoms with Crippen molar-refractivity contribution < 1.29 is 4.39 Å². The van der Waals surface area contributed by atoms with Crippen LogP contribution in [0.5, 0.6) is 0 Å². The molecule has 2 N–H and O–H groups in total. The first-order chi connectivity index (χ1) is 10.1. The second kappa shape index (κ2) is 5.49. The Morgan fingerprint density at radius 3 is 2.67 bits per heavy atom. The van der Waals surface area contributed by atoms with Crippen molar-refractivity contribution in [1.82, 2.24) is 0 Å². The number of hydrogen-bond donors (Lipinski definition) is 1. The van der Waals surface area contributed by atoms with Crippen molar-refractivity contribution in [3.63, 3.8) is 0 Å². The van der Waals surface area contributed by atoms with Crippen LogP contribution in [0.25, 0.3) is 0 Å². The molecular formula is C18H21FN2. The van der Waals surface area contributed by atoms with E-state index in [0.29, 0.717) is 11.6 Å². The molecule has 2 aromatic rings. The molecule has 0 aliphatic carbocycles. The molecule has 21 heavy (non-hydrogen) atoms. The quantitative estimate of drug-likeness (QED) is 0.896. The van der Waals surface area contributed by atoms with Crippen LogP contribution in [0.15, 0.2) is 42.5 Å². The maximum Gasteiger partial charge on any atom is 0.147 e. The summed E-state index contributed by atoms with van der Waals surface area (Å²) < 4.78 is 14.5. The van der Waals surface area contributed by atoms with Crippen LogP contribution in [0.2, 0.25) is 0 Å². The summed E-state index contributed by atoms with van der Waals surface area (Å²) in [5.41, 5.74) is 9.69. The van der Waals surface area contributed by atoms with Crippen molar-refractivity contribution in [3.8, 4) is 0 Å². The standard InChI is InChI=1S/C18H21FN2/c1-12-9-15-5-3-4-6-17(15)21(11-12)18-8-7-14(13(2)20)10-16(18)19/h3-8,10,12-13H,9,11,20H2,1-2H3/t12?,13-/m1/s1. The Bertz CT molecular complexity index is 651. The SMILES string of the molecule is CC1Cc2ccccc2N(c2ccc([C@@H](C)N)cc2F)C1. The summed E-state index contributed by atoms with van der Waals surface area (Å²) in [6.07, 6.45) is 1.05. The van der Waals surface area contributed by atoms with Crippen LogP contribution in [0.4, 0.5) is 15.8 Å². The molecule has 2 nitrogen and oxygen atoms in total. The lowest BCUT2D eigenvalue weighted by Gasteiger charge is -2.35.